The summed E-state index contributed by atoms with van der Waals surface area (Å²) >= 11 is 4.31. The summed E-state index contributed by atoms with van der Waals surface area (Å²) in [5, 5.41) is 1.88. The van der Waals surface area contributed by atoms with E-state index >= 15 is 0 Å². The van der Waals surface area contributed by atoms with Crippen molar-refractivity contribution in [1.82, 2.24) is 5.32 Å². The van der Waals surface area contributed by atoms with Gasteiger partial charge in [-0.1, -0.05) is 54.9 Å². The van der Waals surface area contributed by atoms with E-state index < -0.39 is 5.91 Å². The Morgan fingerprint density at radius 1 is 1.03 bits per heavy atom. The predicted molar refractivity (Wildman–Crippen MR) is 119 cm³/mol. The number of benzene rings is 2. The van der Waals surface area contributed by atoms with Crippen LogP contribution in [0.2, 0.25) is 0 Å². The zero-order valence-corrected chi connectivity index (χ0v) is 18.9. The van der Waals surface area contributed by atoms with Crippen molar-refractivity contribution in [3.05, 3.63) is 63.0 Å². The number of rotatable bonds is 6. The standard InChI is InChI=1S/C22H22BrNO4S/c1-22(2,3)15-5-8-17(9-6-15)27-10-11-28-18-13-16(23)7-4-14(18)12-19-20(25)24-21(26)29-19/h4-9,12-13H,10-11H2,1-3H3,(H,24,25,26)/b19-12-. The fourth-order valence-corrected chi connectivity index (χ4v) is 3.69. The number of carbonyl (C=O) groups excluding carboxylic acids is 2. The Kier molecular flexibility index (Phi) is 6.70. The summed E-state index contributed by atoms with van der Waals surface area (Å²) < 4.78 is 12.5. The number of imide groups is 1. The molecule has 0 spiro atoms. The molecule has 1 saturated heterocycles. The van der Waals surface area contributed by atoms with Crippen molar-refractivity contribution in [1.29, 1.82) is 0 Å². The lowest BCUT2D eigenvalue weighted by Gasteiger charge is -2.19. The van der Waals surface area contributed by atoms with E-state index in [2.05, 4.69) is 54.2 Å². The van der Waals surface area contributed by atoms with Crippen LogP contribution in [0, 0.1) is 0 Å². The summed E-state index contributed by atoms with van der Waals surface area (Å²) in [6, 6.07) is 13.6. The lowest BCUT2D eigenvalue weighted by atomic mass is 9.87. The Bertz CT molecular complexity index is 948. The summed E-state index contributed by atoms with van der Waals surface area (Å²) in [7, 11) is 0. The Morgan fingerprint density at radius 3 is 2.34 bits per heavy atom. The summed E-state index contributed by atoms with van der Waals surface area (Å²) in [5.74, 6) is 0.998. The minimum absolute atomic E-state index is 0.104. The van der Waals surface area contributed by atoms with Gasteiger partial charge < -0.3 is 9.47 Å². The first kappa shape index (κ1) is 21.5. The summed E-state index contributed by atoms with van der Waals surface area (Å²) in [4.78, 5) is 23.5. The average molecular weight is 476 g/mol. The number of thioether (sulfide) groups is 1. The lowest BCUT2D eigenvalue weighted by Crippen LogP contribution is -2.17. The number of hydrogen-bond donors (Lipinski definition) is 1. The Hall–Kier alpha value is -2.25. The van der Waals surface area contributed by atoms with E-state index in [0.717, 1.165) is 27.5 Å². The average Bonchev–Trinajstić information content (AvgIpc) is 2.97. The number of nitrogens with one attached hydrogen (secondary N) is 1. The van der Waals surface area contributed by atoms with Crippen LogP contribution in [0.3, 0.4) is 0 Å². The molecule has 2 amide bonds. The molecule has 0 bridgehead atoms. The summed E-state index contributed by atoms with van der Waals surface area (Å²) in [6.45, 7) is 7.23. The minimum atomic E-state index is -0.393. The van der Waals surface area contributed by atoms with Crippen LogP contribution < -0.4 is 14.8 Å². The van der Waals surface area contributed by atoms with Crippen molar-refractivity contribution in [3.63, 3.8) is 0 Å². The van der Waals surface area contributed by atoms with E-state index in [1.54, 1.807) is 6.08 Å². The highest BCUT2D eigenvalue weighted by Gasteiger charge is 2.25. The second kappa shape index (κ2) is 9.05. The van der Waals surface area contributed by atoms with Gasteiger partial charge in [0.25, 0.3) is 11.1 Å². The van der Waals surface area contributed by atoms with E-state index in [1.165, 1.54) is 5.56 Å². The van der Waals surface area contributed by atoms with Crippen LogP contribution in [-0.2, 0) is 10.2 Å². The van der Waals surface area contributed by atoms with Crippen molar-refractivity contribution in [2.24, 2.45) is 0 Å². The summed E-state index contributed by atoms with van der Waals surface area (Å²) in [6.07, 6.45) is 1.65. The number of amides is 2. The normalized spacial score (nSPS) is 15.5. The van der Waals surface area contributed by atoms with Crippen LogP contribution in [0.4, 0.5) is 4.79 Å². The first-order chi connectivity index (χ1) is 13.7. The molecule has 1 aliphatic rings. The molecule has 3 rings (SSSR count). The molecule has 0 atom stereocenters. The second-order valence-corrected chi connectivity index (χ2v) is 9.44. The van der Waals surface area contributed by atoms with Crippen molar-refractivity contribution in [3.8, 4) is 11.5 Å². The quantitative estimate of drug-likeness (QED) is 0.439. The topological polar surface area (TPSA) is 64.6 Å². The van der Waals surface area contributed by atoms with E-state index in [0.29, 0.717) is 23.9 Å². The minimum Gasteiger partial charge on any atom is -0.490 e. The largest absolute Gasteiger partial charge is 0.490 e. The highest BCUT2D eigenvalue weighted by atomic mass is 79.9. The highest BCUT2D eigenvalue weighted by molar-refractivity contribution is 9.10. The molecule has 0 radical (unpaired) electrons. The molecule has 0 aromatic heterocycles. The Morgan fingerprint density at radius 2 is 1.72 bits per heavy atom. The zero-order chi connectivity index (χ0) is 21.0. The van der Waals surface area contributed by atoms with Crippen molar-refractivity contribution in [2.45, 2.75) is 26.2 Å². The van der Waals surface area contributed by atoms with Gasteiger partial charge in [-0.25, -0.2) is 0 Å². The van der Waals surface area contributed by atoms with Crippen LogP contribution in [0.1, 0.15) is 31.9 Å². The third kappa shape index (κ3) is 5.87. The SMILES string of the molecule is CC(C)(C)c1ccc(OCCOc2cc(Br)ccc2/C=C2\SC(=O)NC2=O)cc1. The molecule has 5 nitrogen and oxygen atoms in total. The smallest absolute Gasteiger partial charge is 0.290 e. The van der Waals surface area contributed by atoms with Crippen LogP contribution in [0.15, 0.2) is 51.8 Å². The molecule has 1 fully saturated rings. The first-order valence-corrected chi connectivity index (χ1v) is 10.7. The number of carbonyl (C=O) groups is 2. The molecule has 1 N–H and O–H groups in total. The van der Waals surface area contributed by atoms with E-state index in [9.17, 15) is 9.59 Å². The fraction of sp³-hybridized carbons (Fsp3) is 0.273. The number of hydrogen-bond acceptors (Lipinski definition) is 5. The zero-order valence-electron chi connectivity index (χ0n) is 16.5. The van der Waals surface area contributed by atoms with Gasteiger partial charge in [0.05, 0.1) is 4.91 Å². The molecule has 2 aromatic carbocycles. The van der Waals surface area contributed by atoms with E-state index in [-0.39, 0.29) is 10.7 Å². The second-order valence-electron chi connectivity index (χ2n) is 7.51. The van der Waals surface area contributed by atoms with Gasteiger partial charge in [-0.2, -0.15) is 0 Å². The Labute approximate surface area is 183 Å². The van der Waals surface area contributed by atoms with E-state index in [4.69, 9.17) is 9.47 Å². The maximum atomic E-state index is 11.8. The Balaban J connectivity index is 1.61. The summed E-state index contributed by atoms with van der Waals surface area (Å²) in [5.41, 5.74) is 2.07. The van der Waals surface area contributed by atoms with Crippen LogP contribution in [0.5, 0.6) is 11.5 Å². The first-order valence-electron chi connectivity index (χ1n) is 9.13. The van der Waals surface area contributed by atoms with Gasteiger partial charge in [0.15, 0.2) is 0 Å². The van der Waals surface area contributed by atoms with Gasteiger partial charge in [-0.3, -0.25) is 14.9 Å². The molecule has 1 heterocycles. The number of halogens is 1. The maximum Gasteiger partial charge on any atom is 0.290 e. The third-order valence-electron chi connectivity index (χ3n) is 4.23. The molecule has 0 aliphatic carbocycles. The van der Waals surface area contributed by atoms with Gasteiger partial charge >= 0.3 is 0 Å². The monoisotopic (exact) mass is 475 g/mol. The van der Waals surface area contributed by atoms with E-state index in [1.807, 2.05) is 30.3 Å². The van der Waals surface area contributed by atoms with Gasteiger partial charge in [0.1, 0.15) is 24.7 Å². The van der Waals surface area contributed by atoms with Gasteiger partial charge in [0, 0.05) is 10.0 Å². The molecular formula is C22H22BrNO4S. The molecule has 1 aliphatic heterocycles. The molecular weight excluding hydrogens is 454 g/mol. The molecule has 2 aromatic rings. The van der Waals surface area contributed by atoms with Crippen LogP contribution >= 0.6 is 27.7 Å². The highest BCUT2D eigenvalue weighted by Crippen LogP contribution is 2.31. The van der Waals surface area contributed by atoms with Gasteiger partial charge in [-0.15, -0.1) is 0 Å². The van der Waals surface area contributed by atoms with Gasteiger partial charge in [0.2, 0.25) is 0 Å². The molecule has 0 unspecified atom stereocenters. The predicted octanol–water partition coefficient (Wildman–Crippen LogP) is 5.53. The number of ether oxygens (including phenoxy) is 2. The fourth-order valence-electron chi connectivity index (χ4n) is 2.68. The molecule has 0 saturated carbocycles. The van der Waals surface area contributed by atoms with Crippen molar-refractivity contribution < 1.29 is 19.1 Å². The molecule has 152 valence electrons. The maximum absolute atomic E-state index is 11.8. The van der Waals surface area contributed by atoms with Crippen LogP contribution in [0.25, 0.3) is 6.08 Å². The van der Waals surface area contributed by atoms with Gasteiger partial charge in [-0.05, 0) is 53.1 Å². The molecule has 7 heteroatoms. The van der Waals surface area contributed by atoms with Crippen molar-refractivity contribution in [2.75, 3.05) is 13.2 Å². The lowest BCUT2D eigenvalue weighted by molar-refractivity contribution is -0.115. The molecule has 29 heavy (non-hydrogen) atoms. The van der Waals surface area contributed by atoms with Crippen molar-refractivity contribution >= 4 is 44.9 Å². The van der Waals surface area contributed by atoms with Crippen LogP contribution in [-0.4, -0.2) is 24.4 Å². The third-order valence-corrected chi connectivity index (χ3v) is 5.54.